The molecule has 6 heteroatoms. The Morgan fingerprint density at radius 3 is 1.88 bits per heavy atom. The number of carbonyl (C=O) groups excluding carboxylic acids is 1. The lowest BCUT2D eigenvalue weighted by atomic mass is 10.00. The molecule has 1 aromatic carbocycles. The number of benzene rings is 1. The van der Waals surface area contributed by atoms with Gasteiger partial charge in [0.1, 0.15) is 0 Å². The molecule has 0 heterocycles. The Morgan fingerprint density at radius 2 is 1.59 bits per heavy atom. The summed E-state index contributed by atoms with van der Waals surface area (Å²) >= 11 is 11.3. The van der Waals surface area contributed by atoms with Crippen LogP contribution in [0.4, 0.5) is 13.2 Å². The van der Waals surface area contributed by atoms with Crippen LogP contribution in [0.1, 0.15) is 35.7 Å². The highest BCUT2D eigenvalue weighted by Crippen LogP contribution is 2.34. The van der Waals surface area contributed by atoms with E-state index in [9.17, 15) is 18.0 Å². The number of carbonyl (C=O) groups is 1. The van der Waals surface area contributed by atoms with E-state index in [0.29, 0.717) is 5.56 Å². The van der Waals surface area contributed by atoms with Gasteiger partial charge in [-0.25, -0.2) is 0 Å². The van der Waals surface area contributed by atoms with Gasteiger partial charge in [-0.05, 0) is 23.6 Å². The normalized spacial score (nSPS) is 12.0. The number of Topliss-reactive ketones (excluding diaryl/α,β-unsaturated/α-hetero) is 1. The van der Waals surface area contributed by atoms with Crippen LogP contribution in [-0.2, 0) is 0 Å². The second-order valence-electron chi connectivity index (χ2n) is 3.84. The lowest BCUT2D eigenvalue weighted by Gasteiger charge is -2.12. The molecule has 0 aliphatic carbocycles. The summed E-state index contributed by atoms with van der Waals surface area (Å²) in [6, 6.07) is 2.66. The van der Waals surface area contributed by atoms with Gasteiger partial charge in [-0.15, -0.1) is 0 Å². The smallest absolute Gasteiger partial charge is 0.284 e. The van der Waals surface area contributed by atoms with E-state index in [1.54, 1.807) is 0 Å². The first kappa shape index (κ1) is 14.3. The molecule has 0 N–H and O–H groups in total. The molecule has 0 spiro atoms. The molecule has 0 aliphatic rings. The number of hydrogen-bond acceptors (Lipinski definition) is 1. The molecular weight excluding hydrogens is 276 g/mol. The third kappa shape index (κ3) is 3.13. The Balaban J connectivity index is 3.33. The molecule has 1 aromatic rings. The van der Waals surface area contributed by atoms with E-state index in [0.717, 1.165) is 0 Å². The van der Waals surface area contributed by atoms with Crippen LogP contribution < -0.4 is 0 Å². The largest absolute Gasteiger partial charge is 0.454 e. The lowest BCUT2D eigenvalue weighted by Crippen LogP contribution is -2.23. The van der Waals surface area contributed by atoms with Crippen LogP contribution >= 0.6 is 23.2 Å². The average molecular weight is 285 g/mol. The predicted molar refractivity (Wildman–Crippen MR) is 60.9 cm³/mol. The van der Waals surface area contributed by atoms with E-state index in [1.165, 1.54) is 12.1 Å². The summed E-state index contributed by atoms with van der Waals surface area (Å²) < 4.78 is 36.9. The highest BCUT2D eigenvalue weighted by Gasteiger charge is 2.41. The molecule has 1 nitrogen and oxygen atoms in total. The van der Waals surface area contributed by atoms with E-state index >= 15 is 0 Å². The second-order valence-corrected chi connectivity index (χ2v) is 4.66. The number of alkyl halides is 3. The molecule has 0 amide bonds. The minimum Gasteiger partial charge on any atom is -0.284 e. The Labute approximate surface area is 107 Å². The molecule has 17 heavy (non-hydrogen) atoms. The second kappa shape index (κ2) is 4.86. The van der Waals surface area contributed by atoms with Crippen LogP contribution in [0.25, 0.3) is 0 Å². The minimum atomic E-state index is -4.98. The Kier molecular flexibility index (Phi) is 4.10. The maximum Gasteiger partial charge on any atom is 0.454 e. The summed E-state index contributed by atoms with van der Waals surface area (Å²) in [6.45, 7) is 3.68. The molecule has 1 rings (SSSR count). The topological polar surface area (TPSA) is 17.1 Å². The zero-order valence-corrected chi connectivity index (χ0v) is 10.5. The van der Waals surface area contributed by atoms with Gasteiger partial charge in [-0.2, -0.15) is 13.2 Å². The highest BCUT2D eigenvalue weighted by molar-refractivity contribution is 6.40. The summed E-state index contributed by atoms with van der Waals surface area (Å²) in [5.41, 5.74) is -0.0102. The predicted octanol–water partition coefficient (Wildman–Crippen LogP) is 4.86. The molecule has 0 fully saturated rings. The van der Waals surface area contributed by atoms with Crippen LogP contribution in [0.3, 0.4) is 0 Å². The van der Waals surface area contributed by atoms with Crippen molar-refractivity contribution in [3.63, 3.8) is 0 Å². The fraction of sp³-hybridized carbons (Fsp3) is 0.364. The van der Waals surface area contributed by atoms with Gasteiger partial charge in [-0.1, -0.05) is 37.0 Å². The van der Waals surface area contributed by atoms with Crippen molar-refractivity contribution in [3.05, 3.63) is 33.3 Å². The van der Waals surface area contributed by atoms with Crippen molar-refractivity contribution in [1.29, 1.82) is 0 Å². The number of hydrogen-bond donors (Lipinski definition) is 0. The maximum absolute atomic E-state index is 12.3. The van der Waals surface area contributed by atoms with E-state index in [-0.39, 0.29) is 16.0 Å². The molecule has 0 saturated carbocycles. The zero-order chi connectivity index (χ0) is 13.4. The summed E-state index contributed by atoms with van der Waals surface area (Å²) in [4.78, 5) is 11.1. The summed E-state index contributed by atoms with van der Waals surface area (Å²) in [6.07, 6.45) is -4.98. The fourth-order valence-electron chi connectivity index (χ4n) is 1.28. The quantitative estimate of drug-likeness (QED) is 0.709. The maximum atomic E-state index is 12.3. The van der Waals surface area contributed by atoms with Crippen LogP contribution in [0.15, 0.2) is 12.1 Å². The van der Waals surface area contributed by atoms with Gasteiger partial charge in [0, 0.05) is 0 Å². The molecule has 0 bridgehead atoms. The van der Waals surface area contributed by atoms with Gasteiger partial charge in [0.2, 0.25) is 0 Å². The Morgan fingerprint density at radius 1 is 1.18 bits per heavy atom. The standard InChI is InChI=1S/C11H9Cl2F3O/c1-5(2)6-3-7(12)9(8(13)4-6)10(17)11(14,15)16/h3-5H,1-2H3. The molecule has 94 valence electrons. The SMILES string of the molecule is CC(C)c1cc(Cl)c(C(=O)C(F)(F)F)c(Cl)c1. The molecule has 0 atom stereocenters. The Bertz CT molecular complexity index is 430. The van der Waals surface area contributed by atoms with Crippen LogP contribution in [0, 0.1) is 0 Å². The molecule has 0 aliphatic heterocycles. The van der Waals surface area contributed by atoms with Gasteiger partial charge < -0.3 is 0 Å². The zero-order valence-electron chi connectivity index (χ0n) is 9.03. The third-order valence-corrected chi connectivity index (χ3v) is 2.81. The molecule has 0 aromatic heterocycles. The fourth-order valence-corrected chi connectivity index (χ4v) is 1.96. The minimum absolute atomic E-state index is 0.0556. The summed E-state index contributed by atoms with van der Waals surface area (Å²) in [5, 5.41) is -0.549. The average Bonchev–Trinajstić information content (AvgIpc) is 2.14. The van der Waals surface area contributed by atoms with Crippen molar-refractivity contribution in [2.45, 2.75) is 25.9 Å². The van der Waals surface area contributed by atoms with Crippen LogP contribution in [0.5, 0.6) is 0 Å². The van der Waals surface area contributed by atoms with Crippen molar-refractivity contribution >= 4 is 29.0 Å². The van der Waals surface area contributed by atoms with E-state index < -0.39 is 17.5 Å². The highest BCUT2D eigenvalue weighted by atomic mass is 35.5. The molecule has 0 unspecified atom stereocenters. The van der Waals surface area contributed by atoms with Crippen molar-refractivity contribution in [2.75, 3.05) is 0 Å². The summed E-state index contributed by atoms with van der Waals surface area (Å²) in [5.74, 6) is -1.97. The molecular formula is C11H9Cl2F3O. The monoisotopic (exact) mass is 284 g/mol. The van der Waals surface area contributed by atoms with E-state index in [4.69, 9.17) is 23.2 Å². The number of ketones is 1. The van der Waals surface area contributed by atoms with Gasteiger partial charge >= 0.3 is 6.18 Å². The Hall–Kier alpha value is -0.740. The van der Waals surface area contributed by atoms with Crippen molar-refractivity contribution in [3.8, 4) is 0 Å². The van der Waals surface area contributed by atoms with Gasteiger partial charge in [-0.3, -0.25) is 4.79 Å². The number of rotatable bonds is 2. The molecule has 0 saturated heterocycles. The van der Waals surface area contributed by atoms with Crippen molar-refractivity contribution in [2.24, 2.45) is 0 Å². The third-order valence-electron chi connectivity index (χ3n) is 2.22. The lowest BCUT2D eigenvalue weighted by molar-refractivity contribution is -0.0885. The first-order valence-corrected chi connectivity index (χ1v) is 5.50. The summed E-state index contributed by atoms with van der Waals surface area (Å²) in [7, 11) is 0. The van der Waals surface area contributed by atoms with Crippen LogP contribution in [-0.4, -0.2) is 12.0 Å². The molecule has 0 radical (unpaired) electrons. The number of halogens is 5. The van der Waals surface area contributed by atoms with Gasteiger partial charge in [0.25, 0.3) is 5.78 Å². The van der Waals surface area contributed by atoms with Crippen molar-refractivity contribution in [1.82, 2.24) is 0 Å². The van der Waals surface area contributed by atoms with E-state index in [1.807, 2.05) is 13.8 Å². The first-order chi connectivity index (χ1) is 7.64. The van der Waals surface area contributed by atoms with Crippen molar-refractivity contribution < 1.29 is 18.0 Å². The van der Waals surface area contributed by atoms with Gasteiger partial charge in [0.05, 0.1) is 15.6 Å². The van der Waals surface area contributed by atoms with Crippen LogP contribution in [0.2, 0.25) is 10.0 Å². The first-order valence-electron chi connectivity index (χ1n) is 4.75. The van der Waals surface area contributed by atoms with E-state index in [2.05, 4.69) is 0 Å². The van der Waals surface area contributed by atoms with Gasteiger partial charge in [0.15, 0.2) is 0 Å².